The van der Waals surface area contributed by atoms with Gasteiger partial charge < -0.3 is 15.3 Å². The number of nitrogens with zero attached hydrogens (tertiary/aromatic N) is 1. The summed E-state index contributed by atoms with van der Waals surface area (Å²) >= 11 is 0. The first-order chi connectivity index (χ1) is 10.1. The summed E-state index contributed by atoms with van der Waals surface area (Å²) in [5.41, 5.74) is 2.03. The molecule has 0 aliphatic carbocycles. The number of carbonyl (C=O) groups is 1. The molecule has 2 rings (SSSR count). The van der Waals surface area contributed by atoms with E-state index in [9.17, 15) is 9.90 Å². The normalized spacial score (nSPS) is 19.5. The van der Waals surface area contributed by atoms with Crippen LogP contribution in [0.2, 0.25) is 0 Å². The number of likely N-dealkylation sites (N-methyl/N-ethyl adjacent to an activating group) is 1. The minimum atomic E-state index is -0.619. The predicted molar refractivity (Wildman–Crippen MR) is 84.0 cm³/mol. The molecule has 2 unspecified atom stereocenters. The van der Waals surface area contributed by atoms with Crippen molar-refractivity contribution in [2.75, 3.05) is 19.6 Å². The van der Waals surface area contributed by atoms with Crippen LogP contribution >= 0.6 is 0 Å². The van der Waals surface area contributed by atoms with E-state index < -0.39 is 6.10 Å². The van der Waals surface area contributed by atoms with E-state index in [4.69, 9.17) is 0 Å². The second-order valence-corrected chi connectivity index (χ2v) is 5.86. The van der Waals surface area contributed by atoms with Gasteiger partial charge in [0.1, 0.15) is 0 Å². The van der Waals surface area contributed by atoms with Crippen molar-refractivity contribution >= 4 is 5.91 Å². The van der Waals surface area contributed by atoms with Crippen molar-refractivity contribution in [1.82, 2.24) is 10.2 Å². The molecule has 1 fully saturated rings. The van der Waals surface area contributed by atoms with E-state index in [1.165, 1.54) is 5.56 Å². The Kier molecular flexibility index (Phi) is 5.76. The Balaban J connectivity index is 1.90. The molecule has 0 saturated carbocycles. The van der Waals surface area contributed by atoms with Gasteiger partial charge in [0.05, 0.1) is 12.6 Å². The summed E-state index contributed by atoms with van der Waals surface area (Å²) in [5, 5.41) is 13.7. The number of hydrogen-bond donors (Lipinski definition) is 2. The number of rotatable bonds is 6. The van der Waals surface area contributed by atoms with Crippen LogP contribution in [0.3, 0.4) is 0 Å². The van der Waals surface area contributed by atoms with Crippen molar-refractivity contribution in [3.05, 3.63) is 35.4 Å². The molecule has 1 aromatic carbocycles. The molecule has 2 atom stereocenters. The van der Waals surface area contributed by atoms with Crippen LogP contribution in [-0.4, -0.2) is 41.6 Å². The fourth-order valence-electron chi connectivity index (χ4n) is 2.78. The first kappa shape index (κ1) is 16.0. The molecule has 21 heavy (non-hydrogen) atoms. The predicted octanol–water partition coefficient (Wildman–Crippen LogP) is 2.02. The molecule has 0 bridgehead atoms. The topological polar surface area (TPSA) is 52.6 Å². The van der Waals surface area contributed by atoms with Gasteiger partial charge in [0, 0.05) is 19.0 Å². The summed E-state index contributed by atoms with van der Waals surface area (Å²) in [4.78, 5) is 14.1. The lowest BCUT2D eigenvalue weighted by molar-refractivity contribution is -0.132. The molecule has 4 heteroatoms. The molecule has 0 spiro atoms. The first-order valence-electron chi connectivity index (χ1n) is 7.86. The molecule has 1 amide bonds. The minimum absolute atomic E-state index is 0.128. The van der Waals surface area contributed by atoms with Crippen molar-refractivity contribution in [2.24, 2.45) is 0 Å². The Morgan fingerprint density at radius 2 is 2.14 bits per heavy atom. The van der Waals surface area contributed by atoms with Gasteiger partial charge in [0.15, 0.2) is 0 Å². The quantitative estimate of drug-likeness (QED) is 0.843. The van der Waals surface area contributed by atoms with Gasteiger partial charge >= 0.3 is 0 Å². The van der Waals surface area contributed by atoms with E-state index in [1.54, 1.807) is 4.90 Å². The highest BCUT2D eigenvalue weighted by Crippen LogP contribution is 2.17. The van der Waals surface area contributed by atoms with Gasteiger partial charge in [-0.3, -0.25) is 4.79 Å². The summed E-state index contributed by atoms with van der Waals surface area (Å²) in [7, 11) is 0. The molecule has 2 N–H and O–H groups in total. The number of benzene rings is 1. The number of carbonyl (C=O) groups excluding carboxylic acids is 1. The van der Waals surface area contributed by atoms with Crippen LogP contribution in [0.15, 0.2) is 24.3 Å². The van der Waals surface area contributed by atoms with Gasteiger partial charge in [0.2, 0.25) is 5.91 Å². The lowest BCUT2D eigenvalue weighted by atomic mass is 10.1. The zero-order valence-electron chi connectivity index (χ0n) is 13.0. The maximum Gasteiger partial charge on any atom is 0.224 e. The number of aliphatic hydroxyl groups is 1. The van der Waals surface area contributed by atoms with E-state index in [0.29, 0.717) is 25.6 Å². The van der Waals surface area contributed by atoms with Crippen LogP contribution < -0.4 is 5.32 Å². The van der Waals surface area contributed by atoms with Gasteiger partial charge in [-0.2, -0.15) is 0 Å². The molecule has 1 heterocycles. The largest absolute Gasteiger partial charge is 0.387 e. The maximum atomic E-state index is 12.3. The summed E-state index contributed by atoms with van der Waals surface area (Å²) in [6, 6.07) is 8.13. The lowest BCUT2D eigenvalue weighted by Crippen LogP contribution is -2.38. The van der Waals surface area contributed by atoms with Crippen molar-refractivity contribution in [2.45, 2.75) is 45.3 Å². The van der Waals surface area contributed by atoms with Crippen molar-refractivity contribution in [3.8, 4) is 0 Å². The Morgan fingerprint density at radius 1 is 1.43 bits per heavy atom. The molecular weight excluding hydrogens is 264 g/mol. The van der Waals surface area contributed by atoms with Crippen molar-refractivity contribution in [1.29, 1.82) is 0 Å². The highest BCUT2D eigenvalue weighted by Gasteiger charge is 2.22. The Hall–Kier alpha value is -1.39. The zero-order chi connectivity index (χ0) is 15.2. The second-order valence-electron chi connectivity index (χ2n) is 5.86. The van der Waals surface area contributed by atoms with E-state index in [-0.39, 0.29) is 5.91 Å². The molecule has 0 radical (unpaired) electrons. The van der Waals surface area contributed by atoms with Gasteiger partial charge in [-0.05, 0) is 38.8 Å². The van der Waals surface area contributed by atoms with E-state index in [0.717, 1.165) is 24.9 Å². The summed E-state index contributed by atoms with van der Waals surface area (Å²) in [5.74, 6) is 0.128. The highest BCUT2D eigenvalue weighted by molar-refractivity contribution is 5.76. The molecule has 4 nitrogen and oxygen atoms in total. The van der Waals surface area contributed by atoms with Crippen LogP contribution in [0.5, 0.6) is 0 Å². The molecule has 1 saturated heterocycles. The Morgan fingerprint density at radius 3 is 2.71 bits per heavy atom. The van der Waals surface area contributed by atoms with Crippen LogP contribution in [0, 0.1) is 6.92 Å². The minimum Gasteiger partial charge on any atom is -0.387 e. The third kappa shape index (κ3) is 4.55. The van der Waals surface area contributed by atoms with Crippen molar-refractivity contribution < 1.29 is 9.90 Å². The molecular formula is C17H26N2O2. The van der Waals surface area contributed by atoms with Crippen LogP contribution in [-0.2, 0) is 4.79 Å². The Bertz CT molecular complexity index is 452. The fraction of sp³-hybridized carbons (Fsp3) is 0.588. The monoisotopic (exact) mass is 290 g/mol. The SMILES string of the molecule is CCN(CC(O)c1ccc(C)cc1)C(=O)CC1CCCN1. The number of hydrogen-bond acceptors (Lipinski definition) is 3. The molecule has 0 aromatic heterocycles. The summed E-state index contributed by atoms with van der Waals surface area (Å²) in [6.07, 6.45) is 2.14. The van der Waals surface area contributed by atoms with Gasteiger partial charge in [-0.15, -0.1) is 0 Å². The van der Waals surface area contributed by atoms with E-state index >= 15 is 0 Å². The number of amides is 1. The number of aryl methyl sites for hydroxylation is 1. The van der Waals surface area contributed by atoms with Crippen LogP contribution in [0.4, 0.5) is 0 Å². The lowest BCUT2D eigenvalue weighted by Gasteiger charge is -2.25. The summed E-state index contributed by atoms with van der Waals surface area (Å²) < 4.78 is 0. The van der Waals surface area contributed by atoms with Gasteiger partial charge in [-0.25, -0.2) is 0 Å². The van der Waals surface area contributed by atoms with Crippen LogP contribution in [0.25, 0.3) is 0 Å². The number of aliphatic hydroxyl groups excluding tert-OH is 1. The molecule has 1 aliphatic heterocycles. The zero-order valence-corrected chi connectivity index (χ0v) is 13.0. The van der Waals surface area contributed by atoms with E-state index in [1.807, 2.05) is 38.1 Å². The van der Waals surface area contributed by atoms with Gasteiger partial charge in [-0.1, -0.05) is 29.8 Å². The molecule has 116 valence electrons. The summed E-state index contributed by atoms with van der Waals surface area (Å²) in [6.45, 7) is 5.99. The average molecular weight is 290 g/mol. The highest BCUT2D eigenvalue weighted by atomic mass is 16.3. The average Bonchev–Trinajstić information content (AvgIpc) is 2.98. The standard InChI is InChI=1S/C17H26N2O2/c1-3-19(17(21)11-15-5-4-10-18-15)12-16(20)14-8-6-13(2)7-9-14/h6-9,15-16,18,20H,3-5,10-12H2,1-2H3. The smallest absolute Gasteiger partial charge is 0.224 e. The molecule has 1 aliphatic rings. The third-order valence-corrected chi connectivity index (χ3v) is 4.17. The number of nitrogens with one attached hydrogen (secondary N) is 1. The van der Waals surface area contributed by atoms with Crippen molar-refractivity contribution in [3.63, 3.8) is 0 Å². The Labute approximate surface area is 127 Å². The first-order valence-corrected chi connectivity index (χ1v) is 7.86. The van der Waals surface area contributed by atoms with Crippen LogP contribution in [0.1, 0.15) is 43.4 Å². The fourth-order valence-corrected chi connectivity index (χ4v) is 2.78. The third-order valence-electron chi connectivity index (χ3n) is 4.17. The second kappa shape index (κ2) is 7.57. The van der Waals surface area contributed by atoms with E-state index in [2.05, 4.69) is 5.32 Å². The molecule has 1 aromatic rings. The maximum absolute atomic E-state index is 12.3. The van der Waals surface area contributed by atoms with Gasteiger partial charge in [0.25, 0.3) is 0 Å².